The van der Waals surface area contributed by atoms with Gasteiger partial charge < -0.3 is 5.73 Å². The number of allylic oxidation sites excluding steroid dienone is 2. The quantitative estimate of drug-likeness (QED) is 0.581. The highest BCUT2D eigenvalue weighted by atomic mass is 15.1. The number of likely N-dealkylation sites (tertiary alicyclic amines) is 1. The molecule has 0 amide bonds. The van der Waals surface area contributed by atoms with Gasteiger partial charge in [-0.05, 0) is 32.5 Å². The number of nitrogens with two attached hydrogens (primary N) is 1. The van der Waals surface area contributed by atoms with Crippen molar-refractivity contribution in [1.29, 1.82) is 0 Å². The minimum atomic E-state index is 0.559. The van der Waals surface area contributed by atoms with E-state index in [-0.39, 0.29) is 0 Å². The first-order valence-corrected chi connectivity index (χ1v) is 4.63. The molecule has 2 N–H and O–H groups in total. The summed E-state index contributed by atoms with van der Waals surface area (Å²) in [5.74, 6) is 0.578. The first-order valence-electron chi connectivity index (χ1n) is 4.63. The Bertz CT molecular complexity index is 230. The molecular formula is C10H16N2. The molecule has 2 heteroatoms. The van der Waals surface area contributed by atoms with E-state index >= 15 is 0 Å². The van der Waals surface area contributed by atoms with Crippen molar-refractivity contribution >= 4 is 0 Å². The number of likely N-dealkylation sites (N-methyl/N-ethyl adjacent to an activating group) is 1. The van der Waals surface area contributed by atoms with Gasteiger partial charge in [-0.2, -0.15) is 0 Å². The van der Waals surface area contributed by atoms with Crippen molar-refractivity contribution in [2.75, 3.05) is 13.6 Å². The zero-order valence-corrected chi connectivity index (χ0v) is 7.53. The lowest BCUT2D eigenvalue weighted by atomic mass is 9.84. The van der Waals surface area contributed by atoms with Crippen LogP contribution in [0.1, 0.15) is 12.8 Å². The van der Waals surface area contributed by atoms with Crippen LogP contribution in [0.4, 0.5) is 0 Å². The molecular weight excluding hydrogens is 148 g/mol. The highest BCUT2D eigenvalue weighted by molar-refractivity contribution is 5.24. The third-order valence-corrected chi connectivity index (χ3v) is 2.97. The maximum absolute atomic E-state index is 5.93. The van der Waals surface area contributed by atoms with Crippen molar-refractivity contribution in [3.8, 4) is 0 Å². The monoisotopic (exact) mass is 164 g/mol. The van der Waals surface area contributed by atoms with Gasteiger partial charge in [0.25, 0.3) is 0 Å². The van der Waals surface area contributed by atoms with Gasteiger partial charge >= 0.3 is 0 Å². The minimum absolute atomic E-state index is 0.559. The van der Waals surface area contributed by atoms with Crippen LogP contribution in [0.2, 0.25) is 0 Å². The highest BCUT2D eigenvalue weighted by Crippen LogP contribution is 2.29. The molecule has 1 aliphatic carbocycles. The lowest BCUT2D eigenvalue weighted by Crippen LogP contribution is -2.44. The van der Waals surface area contributed by atoms with E-state index in [2.05, 4.69) is 24.1 Å². The van der Waals surface area contributed by atoms with Gasteiger partial charge in [-0.1, -0.05) is 12.2 Å². The lowest BCUT2D eigenvalue weighted by molar-refractivity contribution is 0.172. The van der Waals surface area contributed by atoms with Crippen molar-refractivity contribution in [3.05, 3.63) is 23.9 Å². The van der Waals surface area contributed by atoms with E-state index in [1.807, 2.05) is 6.08 Å². The maximum Gasteiger partial charge on any atom is 0.0361 e. The number of hydrogen-bond acceptors (Lipinski definition) is 2. The van der Waals surface area contributed by atoms with E-state index in [4.69, 9.17) is 5.73 Å². The number of nitrogens with zero attached hydrogens (tertiary/aromatic N) is 1. The molecule has 66 valence electrons. The van der Waals surface area contributed by atoms with Gasteiger partial charge in [-0.3, -0.25) is 4.90 Å². The summed E-state index contributed by atoms with van der Waals surface area (Å²) in [7, 11) is 2.18. The molecule has 0 aromatic rings. The Morgan fingerprint density at radius 2 is 2.42 bits per heavy atom. The molecule has 2 aliphatic rings. The fraction of sp³-hybridized carbons (Fsp3) is 0.600. The largest absolute Gasteiger partial charge is 0.402 e. The Hall–Kier alpha value is -0.760. The summed E-state index contributed by atoms with van der Waals surface area (Å²) >= 11 is 0. The Morgan fingerprint density at radius 3 is 3.17 bits per heavy atom. The van der Waals surface area contributed by atoms with Gasteiger partial charge in [-0.15, -0.1) is 0 Å². The summed E-state index contributed by atoms with van der Waals surface area (Å²) in [4.78, 5) is 2.39. The van der Waals surface area contributed by atoms with E-state index in [1.165, 1.54) is 19.4 Å². The summed E-state index contributed by atoms with van der Waals surface area (Å²) in [6.45, 7) is 1.21. The SMILES string of the molecule is CN1CCCC2C(N)=CC=CC21. The molecule has 2 unspecified atom stereocenters. The highest BCUT2D eigenvalue weighted by Gasteiger charge is 2.29. The van der Waals surface area contributed by atoms with Gasteiger partial charge in [0.05, 0.1) is 0 Å². The molecule has 12 heavy (non-hydrogen) atoms. The summed E-state index contributed by atoms with van der Waals surface area (Å²) in [6.07, 6.45) is 8.92. The van der Waals surface area contributed by atoms with Crippen molar-refractivity contribution in [2.24, 2.45) is 11.7 Å². The van der Waals surface area contributed by atoms with Crippen LogP contribution in [0.25, 0.3) is 0 Å². The molecule has 0 saturated carbocycles. The number of rotatable bonds is 0. The van der Waals surface area contributed by atoms with Gasteiger partial charge in [-0.25, -0.2) is 0 Å². The van der Waals surface area contributed by atoms with E-state index < -0.39 is 0 Å². The van der Waals surface area contributed by atoms with Crippen molar-refractivity contribution < 1.29 is 0 Å². The van der Waals surface area contributed by atoms with Crippen molar-refractivity contribution in [2.45, 2.75) is 18.9 Å². The van der Waals surface area contributed by atoms with Gasteiger partial charge in [0, 0.05) is 17.7 Å². The molecule has 1 fully saturated rings. The van der Waals surface area contributed by atoms with Gasteiger partial charge in [0.2, 0.25) is 0 Å². The number of hydrogen-bond donors (Lipinski definition) is 1. The van der Waals surface area contributed by atoms with E-state index in [0.29, 0.717) is 12.0 Å². The fourth-order valence-electron chi connectivity index (χ4n) is 2.24. The standard InChI is InChI=1S/C10H16N2/c1-12-7-3-4-8-9(11)5-2-6-10(8)12/h2,5-6,8,10H,3-4,7,11H2,1H3. The molecule has 1 heterocycles. The van der Waals surface area contributed by atoms with Crippen LogP contribution in [-0.4, -0.2) is 24.5 Å². The van der Waals surface area contributed by atoms with Crippen molar-refractivity contribution in [3.63, 3.8) is 0 Å². The van der Waals surface area contributed by atoms with Crippen LogP contribution < -0.4 is 5.73 Å². The van der Waals surface area contributed by atoms with Crippen molar-refractivity contribution in [1.82, 2.24) is 4.90 Å². The summed E-state index contributed by atoms with van der Waals surface area (Å²) in [5.41, 5.74) is 7.00. The second-order valence-corrected chi connectivity index (χ2v) is 3.77. The lowest BCUT2D eigenvalue weighted by Gasteiger charge is -2.39. The predicted octanol–water partition coefficient (Wildman–Crippen LogP) is 1.11. The van der Waals surface area contributed by atoms with Crippen LogP contribution in [0.5, 0.6) is 0 Å². The van der Waals surface area contributed by atoms with Gasteiger partial charge in [0.1, 0.15) is 0 Å². The molecule has 0 aromatic carbocycles. The first-order chi connectivity index (χ1) is 5.79. The third-order valence-electron chi connectivity index (χ3n) is 2.97. The normalized spacial score (nSPS) is 35.9. The van der Waals surface area contributed by atoms with E-state index in [1.54, 1.807) is 0 Å². The smallest absolute Gasteiger partial charge is 0.0361 e. The zero-order chi connectivity index (χ0) is 8.55. The number of piperidine rings is 1. The average Bonchev–Trinajstić information content (AvgIpc) is 2.07. The Kier molecular flexibility index (Phi) is 1.93. The van der Waals surface area contributed by atoms with E-state index in [9.17, 15) is 0 Å². The maximum atomic E-state index is 5.93. The first kappa shape index (κ1) is 7.87. The average molecular weight is 164 g/mol. The van der Waals surface area contributed by atoms with Crippen LogP contribution in [-0.2, 0) is 0 Å². The molecule has 2 atom stereocenters. The van der Waals surface area contributed by atoms with Crippen LogP contribution >= 0.6 is 0 Å². The number of fused-ring (bicyclic) bond motifs is 1. The van der Waals surface area contributed by atoms with Gasteiger partial charge in [0.15, 0.2) is 0 Å². The fourth-order valence-corrected chi connectivity index (χ4v) is 2.24. The second-order valence-electron chi connectivity index (χ2n) is 3.77. The molecule has 2 rings (SSSR count). The third kappa shape index (κ3) is 1.16. The molecule has 2 nitrogen and oxygen atoms in total. The van der Waals surface area contributed by atoms with Crippen LogP contribution in [0.3, 0.4) is 0 Å². The van der Waals surface area contributed by atoms with Crippen LogP contribution in [0, 0.1) is 5.92 Å². The second kappa shape index (κ2) is 2.94. The Morgan fingerprint density at radius 1 is 1.58 bits per heavy atom. The molecule has 1 aliphatic heterocycles. The Labute approximate surface area is 73.7 Å². The molecule has 1 saturated heterocycles. The summed E-state index contributed by atoms with van der Waals surface area (Å²) in [5, 5.41) is 0. The minimum Gasteiger partial charge on any atom is -0.402 e. The summed E-state index contributed by atoms with van der Waals surface area (Å²) in [6, 6.07) is 0.559. The topological polar surface area (TPSA) is 29.3 Å². The zero-order valence-electron chi connectivity index (χ0n) is 7.53. The van der Waals surface area contributed by atoms with E-state index in [0.717, 1.165) is 5.70 Å². The molecule has 0 spiro atoms. The predicted molar refractivity (Wildman–Crippen MR) is 50.6 cm³/mol. The Balaban J connectivity index is 2.20. The molecule has 0 aromatic heterocycles. The molecule has 0 radical (unpaired) electrons. The van der Waals surface area contributed by atoms with Crippen LogP contribution in [0.15, 0.2) is 23.9 Å². The summed E-state index contributed by atoms with van der Waals surface area (Å²) < 4.78 is 0. The molecule has 0 bridgehead atoms.